The summed E-state index contributed by atoms with van der Waals surface area (Å²) in [5.74, 6) is 0.146. The van der Waals surface area contributed by atoms with E-state index in [1.54, 1.807) is 36.1 Å². The molecule has 0 fully saturated rings. The summed E-state index contributed by atoms with van der Waals surface area (Å²) in [6.45, 7) is 0. The van der Waals surface area contributed by atoms with Crippen LogP contribution in [0.3, 0.4) is 0 Å². The molecule has 1 amide bonds. The van der Waals surface area contributed by atoms with Gasteiger partial charge in [-0.2, -0.15) is 0 Å². The van der Waals surface area contributed by atoms with Crippen molar-refractivity contribution in [3.63, 3.8) is 0 Å². The van der Waals surface area contributed by atoms with Crippen molar-refractivity contribution in [3.8, 4) is 0 Å². The lowest BCUT2D eigenvalue weighted by Gasteiger charge is -2.06. The van der Waals surface area contributed by atoms with E-state index in [1.165, 1.54) is 6.07 Å². The summed E-state index contributed by atoms with van der Waals surface area (Å²) in [6.07, 6.45) is 3.33. The monoisotopic (exact) mass is 250 g/mol. The fourth-order valence-electron chi connectivity index (χ4n) is 1.37. The van der Waals surface area contributed by atoms with Crippen LogP contribution in [-0.4, -0.2) is 15.5 Å². The van der Waals surface area contributed by atoms with Crippen LogP contribution in [-0.2, 0) is 7.05 Å². The highest BCUT2D eigenvalue weighted by molar-refractivity contribution is 6.34. The summed E-state index contributed by atoms with van der Waals surface area (Å²) in [5, 5.41) is 2.97. The second-order valence-corrected chi connectivity index (χ2v) is 3.96. The van der Waals surface area contributed by atoms with Crippen LogP contribution in [0.15, 0.2) is 30.6 Å². The predicted octanol–water partition coefficient (Wildman–Crippen LogP) is 1.91. The highest BCUT2D eigenvalue weighted by Crippen LogP contribution is 2.20. The lowest BCUT2D eigenvalue weighted by atomic mass is 10.2. The van der Waals surface area contributed by atoms with Crippen LogP contribution in [0.2, 0.25) is 5.02 Å². The largest absolute Gasteiger partial charge is 0.399 e. The van der Waals surface area contributed by atoms with E-state index in [2.05, 4.69) is 10.3 Å². The van der Waals surface area contributed by atoms with E-state index in [1.807, 2.05) is 0 Å². The zero-order chi connectivity index (χ0) is 12.4. The number of nitrogens with zero attached hydrogens (tertiary/aromatic N) is 2. The predicted molar refractivity (Wildman–Crippen MR) is 67.0 cm³/mol. The fraction of sp³-hybridized carbons (Fsp3) is 0.0909. The minimum Gasteiger partial charge on any atom is -0.399 e. The molecule has 1 aromatic heterocycles. The molecule has 6 heteroatoms. The van der Waals surface area contributed by atoms with Gasteiger partial charge in [-0.15, -0.1) is 0 Å². The maximum absolute atomic E-state index is 11.9. The average Bonchev–Trinajstić information content (AvgIpc) is 2.64. The minimum atomic E-state index is -0.315. The van der Waals surface area contributed by atoms with Crippen molar-refractivity contribution in [2.45, 2.75) is 0 Å². The van der Waals surface area contributed by atoms with Gasteiger partial charge in [-0.3, -0.25) is 10.1 Å². The van der Waals surface area contributed by atoms with Crippen molar-refractivity contribution >= 4 is 29.1 Å². The Morgan fingerprint density at radius 2 is 2.29 bits per heavy atom. The molecule has 88 valence electrons. The Labute approximate surface area is 103 Å². The van der Waals surface area contributed by atoms with Gasteiger partial charge in [0.05, 0.1) is 10.6 Å². The van der Waals surface area contributed by atoms with Gasteiger partial charge in [0.15, 0.2) is 0 Å². The first-order valence-corrected chi connectivity index (χ1v) is 5.29. The molecule has 0 saturated carbocycles. The molecule has 2 aromatic rings. The zero-order valence-electron chi connectivity index (χ0n) is 9.14. The summed E-state index contributed by atoms with van der Waals surface area (Å²) in [5.41, 5.74) is 6.44. The van der Waals surface area contributed by atoms with Gasteiger partial charge in [-0.25, -0.2) is 4.98 Å². The van der Waals surface area contributed by atoms with Gasteiger partial charge in [0.25, 0.3) is 5.91 Å². The average molecular weight is 251 g/mol. The van der Waals surface area contributed by atoms with Crippen molar-refractivity contribution in [1.29, 1.82) is 0 Å². The Kier molecular flexibility index (Phi) is 3.01. The molecule has 1 heterocycles. The number of carbonyl (C=O) groups excluding carboxylic acids is 1. The van der Waals surface area contributed by atoms with E-state index in [4.69, 9.17) is 17.3 Å². The maximum Gasteiger partial charge on any atom is 0.259 e. The van der Waals surface area contributed by atoms with Crippen LogP contribution in [0, 0.1) is 0 Å². The Morgan fingerprint density at radius 1 is 1.53 bits per heavy atom. The third-order valence-electron chi connectivity index (χ3n) is 2.28. The lowest BCUT2D eigenvalue weighted by molar-refractivity contribution is 0.102. The number of nitrogens with one attached hydrogen (secondary N) is 1. The quantitative estimate of drug-likeness (QED) is 0.800. The number of carbonyl (C=O) groups is 1. The first kappa shape index (κ1) is 11.5. The minimum absolute atomic E-state index is 0.315. The lowest BCUT2D eigenvalue weighted by Crippen LogP contribution is -2.15. The van der Waals surface area contributed by atoms with Crippen LogP contribution in [0.25, 0.3) is 0 Å². The summed E-state index contributed by atoms with van der Waals surface area (Å²) in [4.78, 5) is 15.9. The number of benzene rings is 1. The van der Waals surface area contributed by atoms with Crippen molar-refractivity contribution in [1.82, 2.24) is 9.55 Å². The molecular formula is C11H11ClN4O. The number of anilines is 2. The number of aromatic nitrogens is 2. The Balaban J connectivity index is 2.23. The van der Waals surface area contributed by atoms with Crippen molar-refractivity contribution in [2.24, 2.45) is 7.05 Å². The topological polar surface area (TPSA) is 72.9 Å². The van der Waals surface area contributed by atoms with Crippen molar-refractivity contribution < 1.29 is 4.79 Å². The van der Waals surface area contributed by atoms with Crippen LogP contribution in [0.1, 0.15) is 10.4 Å². The third kappa shape index (κ3) is 2.39. The number of hydrogen-bond donors (Lipinski definition) is 2. The molecule has 0 aliphatic heterocycles. The fourth-order valence-corrected chi connectivity index (χ4v) is 1.65. The second-order valence-electron chi connectivity index (χ2n) is 3.56. The van der Waals surface area contributed by atoms with Gasteiger partial charge in [0.1, 0.15) is 0 Å². The first-order chi connectivity index (χ1) is 8.08. The maximum atomic E-state index is 11.9. The van der Waals surface area contributed by atoms with Gasteiger partial charge >= 0.3 is 0 Å². The molecule has 0 saturated heterocycles. The molecule has 0 atom stereocenters. The van der Waals surface area contributed by atoms with Crippen molar-refractivity contribution in [3.05, 3.63) is 41.2 Å². The molecule has 0 aliphatic rings. The molecule has 0 aliphatic carbocycles. The van der Waals surface area contributed by atoms with E-state index >= 15 is 0 Å². The molecule has 0 spiro atoms. The number of imidazole rings is 1. The third-order valence-corrected chi connectivity index (χ3v) is 2.60. The van der Waals surface area contributed by atoms with Crippen LogP contribution in [0.4, 0.5) is 11.6 Å². The number of nitrogens with two attached hydrogens (primary N) is 1. The smallest absolute Gasteiger partial charge is 0.259 e. The summed E-state index contributed by atoms with van der Waals surface area (Å²) < 4.78 is 1.70. The number of aryl methyl sites for hydroxylation is 1. The van der Waals surface area contributed by atoms with Gasteiger partial charge < -0.3 is 10.3 Å². The molecule has 0 radical (unpaired) electrons. The highest BCUT2D eigenvalue weighted by Gasteiger charge is 2.12. The molecular weight excluding hydrogens is 240 g/mol. The number of rotatable bonds is 2. The van der Waals surface area contributed by atoms with Crippen LogP contribution < -0.4 is 11.1 Å². The van der Waals surface area contributed by atoms with E-state index in [0.717, 1.165) is 0 Å². The van der Waals surface area contributed by atoms with Crippen LogP contribution in [0.5, 0.6) is 0 Å². The van der Waals surface area contributed by atoms with Gasteiger partial charge in [0, 0.05) is 25.1 Å². The number of amides is 1. The molecule has 3 N–H and O–H groups in total. The standard InChI is InChI=1S/C11H11ClN4O/c1-16-5-4-14-11(16)15-10(17)8-3-2-7(13)6-9(8)12/h2-6H,13H2,1H3,(H,14,15,17). The second kappa shape index (κ2) is 4.47. The normalized spacial score (nSPS) is 10.2. The zero-order valence-corrected chi connectivity index (χ0v) is 9.90. The molecule has 2 rings (SSSR count). The summed E-state index contributed by atoms with van der Waals surface area (Å²) in [7, 11) is 1.78. The van der Waals surface area contributed by atoms with Gasteiger partial charge in [-0.05, 0) is 18.2 Å². The molecule has 5 nitrogen and oxygen atoms in total. The molecule has 0 bridgehead atoms. The molecule has 1 aromatic carbocycles. The van der Waals surface area contributed by atoms with E-state index < -0.39 is 0 Å². The Bertz CT molecular complexity index is 564. The van der Waals surface area contributed by atoms with Crippen molar-refractivity contribution in [2.75, 3.05) is 11.1 Å². The van der Waals surface area contributed by atoms with E-state index in [9.17, 15) is 4.79 Å². The summed E-state index contributed by atoms with van der Waals surface area (Å²) in [6, 6.07) is 4.74. The SMILES string of the molecule is Cn1ccnc1NC(=O)c1ccc(N)cc1Cl. The molecule has 0 unspecified atom stereocenters. The van der Waals surface area contributed by atoms with E-state index in [-0.39, 0.29) is 5.91 Å². The van der Waals surface area contributed by atoms with Gasteiger partial charge in [0.2, 0.25) is 5.95 Å². The molecule has 17 heavy (non-hydrogen) atoms. The van der Waals surface area contributed by atoms with Crippen LogP contribution >= 0.6 is 11.6 Å². The van der Waals surface area contributed by atoms with Gasteiger partial charge in [-0.1, -0.05) is 11.6 Å². The summed E-state index contributed by atoms with van der Waals surface area (Å²) >= 11 is 5.94. The Morgan fingerprint density at radius 3 is 2.88 bits per heavy atom. The first-order valence-electron chi connectivity index (χ1n) is 4.91. The number of nitrogen functional groups attached to an aromatic ring is 1. The highest BCUT2D eigenvalue weighted by atomic mass is 35.5. The number of halogens is 1. The Hall–Kier alpha value is -2.01. The number of hydrogen-bond acceptors (Lipinski definition) is 3. The van der Waals surface area contributed by atoms with E-state index in [0.29, 0.717) is 22.2 Å².